The summed E-state index contributed by atoms with van der Waals surface area (Å²) in [4.78, 5) is 31.3. The van der Waals surface area contributed by atoms with Crippen molar-refractivity contribution in [2.24, 2.45) is 7.05 Å². The monoisotopic (exact) mass is 472 g/mol. The number of nitrogens with one attached hydrogen (secondary N) is 1. The van der Waals surface area contributed by atoms with E-state index in [2.05, 4.69) is 15.4 Å². The topological polar surface area (TPSA) is 136 Å². The van der Waals surface area contributed by atoms with E-state index in [1.165, 1.54) is 4.90 Å². The van der Waals surface area contributed by atoms with Crippen LogP contribution in [-0.2, 0) is 7.05 Å². The molecule has 0 aliphatic carbocycles. The fraction of sp³-hybridized carbons (Fsp3) is 0.200. The normalized spacial score (nSPS) is 15.3. The number of benzene rings is 2. The average Bonchev–Trinajstić information content (AvgIpc) is 3.49. The lowest BCUT2D eigenvalue weighted by Gasteiger charge is -2.18. The van der Waals surface area contributed by atoms with Crippen LogP contribution in [0.25, 0.3) is 21.9 Å². The van der Waals surface area contributed by atoms with Gasteiger partial charge in [-0.15, -0.1) is 0 Å². The highest BCUT2D eigenvalue weighted by atomic mass is 16.6. The Labute approximate surface area is 200 Å². The van der Waals surface area contributed by atoms with Crippen LogP contribution >= 0.6 is 0 Å². The number of ether oxygens (including phenoxy) is 1. The molecule has 10 heteroatoms. The van der Waals surface area contributed by atoms with Crippen molar-refractivity contribution in [1.29, 1.82) is 0 Å². The molecular weight excluding hydrogens is 448 g/mol. The lowest BCUT2D eigenvalue weighted by atomic mass is 10.1. The van der Waals surface area contributed by atoms with Gasteiger partial charge in [-0.1, -0.05) is 24.3 Å². The smallest absolute Gasteiger partial charge is 0.415 e. The molecule has 4 aromatic rings. The minimum atomic E-state index is -0.591. The Morgan fingerprint density at radius 1 is 1.14 bits per heavy atom. The van der Waals surface area contributed by atoms with Crippen molar-refractivity contribution >= 4 is 28.6 Å². The van der Waals surface area contributed by atoms with Gasteiger partial charge in [0, 0.05) is 49.7 Å². The van der Waals surface area contributed by atoms with E-state index in [-0.39, 0.29) is 41.4 Å². The number of fused-ring (bicyclic) bond motifs is 1. The van der Waals surface area contributed by atoms with Crippen molar-refractivity contribution in [3.63, 3.8) is 0 Å². The van der Waals surface area contributed by atoms with Gasteiger partial charge >= 0.3 is 6.09 Å². The van der Waals surface area contributed by atoms with Crippen LogP contribution in [0, 0.1) is 0 Å². The molecule has 1 atom stereocenters. The summed E-state index contributed by atoms with van der Waals surface area (Å²) in [5.74, 6) is -0.269. The molecule has 2 aromatic carbocycles. The molecule has 0 bridgehead atoms. The summed E-state index contributed by atoms with van der Waals surface area (Å²) in [5.41, 5.74) is 7.77. The molecule has 0 unspecified atom stereocenters. The predicted octanol–water partition coefficient (Wildman–Crippen LogP) is 2.93. The highest BCUT2D eigenvalue weighted by Gasteiger charge is 2.30. The highest BCUT2D eigenvalue weighted by Crippen LogP contribution is 2.32. The Morgan fingerprint density at radius 3 is 2.66 bits per heavy atom. The van der Waals surface area contributed by atoms with Crippen LogP contribution in [0.2, 0.25) is 0 Å². The van der Waals surface area contributed by atoms with Gasteiger partial charge in [0.2, 0.25) is 0 Å². The lowest BCUT2D eigenvalue weighted by molar-refractivity contribution is 0.0937. The molecule has 2 amide bonds. The van der Waals surface area contributed by atoms with Crippen LogP contribution in [0.15, 0.2) is 61.1 Å². The SMILES string of the molecule is Cn1cc(-c2cnc(N)c(C(=O)N[C@@H]3CCN(C(=O)Oc4cc5ccccc5cc4O)C3)c2)cn1. The quantitative estimate of drug-likeness (QED) is 0.415. The van der Waals surface area contributed by atoms with Gasteiger partial charge in [0.1, 0.15) is 5.82 Å². The lowest BCUT2D eigenvalue weighted by Crippen LogP contribution is -2.39. The first kappa shape index (κ1) is 22.2. The summed E-state index contributed by atoms with van der Waals surface area (Å²) in [6.45, 7) is 0.677. The van der Waals surface area contributed by atoms with Crippen LogP contribution in [-0.4, -0.2) is 55.9 Å². The zero-order valence-corrected chi connectivity index (χ0v) is 19.0. The number of pyridine rings is 1. The van der Waals surface area contributed by atoms with Gasteiger partial charge < -0.3 is 25.8 Å². The molecular formula is C25H24N6O4. The minimum absolute atomic E-state index is 0.0900. The fourth-order valence-corrected chi connectivity index (χ4v) is 4.14. The number of nitrogens with zero attached hydrogens (tertiary/aromatic N) is 4. The van der Waals surface area contributed by atoms with Crippen LogP contribution in [0.5, 0.6) is 11.5 Å². The van der Waals surface area contributed by atoms with Crippen molar-refractivity contribution < 1.29 is 19.4 Å². The Kier molecular flexibility index (Phi) is 5.69. The maximum atomic E-state index is 12.9. The molecule has 4 N–H and O–H groups in total. The Balaban J connectivity index is 1.23. The Bertz CT molecular complexity index is 1430. The number of aryl methyl sites for hydroxylation is 1. The highest BCUT2D eigenvalue weighted by molar-refractivity contribution is 5.99. The van der Waals surface area contributed by atoms with Gasteiger partial charge in [-0.2, -0.15) is 5.10 Å². The van der Waals surface area contributed by atoms with Gasteiger partial charge in [-0.3, -0.25) is 9.48 Å². The van der Waals surface area contributed by atoms with E-state index in [1.54, 1.807) is 42.3 Å². The molecule has 2 aromatic heterocycles. The number of amides is 2. The van der Waals surface area contributed by atoms with Crippen molar-refractivity contribution in [3.8, 4) is 22.6 Å². The van der Waals surface area contributed by atoms with E-state index in [4.69, 9.17) is 10.5 Å². The number of anilines is 1. The largest absolute Gasteiger partial charge is 0.504 e. The number of likely N-dealkylation sites (tertiary alicyclic amines) is 1. The number of hydrogen-bond acceptors (Lipinski definition) is 7. The number of phenolic OH excluding ortho intramolecular Hbond substituents is 1. The number of rotatable bonds is 4. The van der Waals surface area contributed by atoms with Crippen LogP contribution in [0.3, 0.4) is 0 Å². The molecule has 0 saturated carbocycles. The summed E-state index contributed by atoms with van der Waals surface area (Å²) < 4.78 is 7.11. The third kappa shape index (κ3) is 4.58. The number of aromatic nitrogens is 3. The molecule has 35 heavy (non-hydrogen) atoms. The van der Waals surface area contributed by atoms with Crippen molar-refractivity contribution in [1.82, 2.24) is 25.0 Å². The first-order chi connectivity index (χ1) is 16.9. The summed E-state index contributed by atoms with van der Waals surface area (Å²) in [6.07, 6.45) is 5.07. The maximum absolute atomic E-state index is 12.9. The zero-order chi connectivity index (χ0) is 24.5. The van der Waals surface area contributed by atoms with Gasteiger partial charge in [0.25, 0.3) is 5.91 Å². The molecule has 0 radical (unpaired) electrons. The van der Waals surface area contributed by atoms with E-state index in [9.17, 15) is 14.7 Å². The standard InChI is InChI=1S/C25H24N6O4/c1-30-13-18(12-28-30)17-8-20(23(26)27-11-17)24(33)29-19-6-7-31(14-19)25(34)35-22-10-16-5-3-2-4-15(16)9-21(22)32/h2-5,8-13,19,32H,6-7,14H2,1H3,(H2,26,27)(H,29,33)/t19-/m1/s1. The van der Waals surface area contributed by atoms with Crippen molar-refractivity contribution in [2.75, 3.05) is 18.8 Å². The number of carbonyl (C=O) groups excluding carboxylic acids is 2. The molecule has 0 spiro atoms. The summed E-state index contributed by atoms with van der Waals surface area (Å²) >= 11 is 0. The molecule has 178 valence electrons. The fourth-order valence-electron chi connectivity index (χ4n) is 4.14. The predicted molar refractivity (Wildman–Crippen MR) is 130 cm³/mol. The second-order valence-electron chi connectivity index (χ2n) is 8.50. The van der Waals surface area contributed by atoms with E-state index in [0.29, 0.717) is 13.0 Å². The van der Waals surface area contributed by atoms with Crippen molar-refractivity contribution in [3.05, 3.63) is 66.6 Å². The number of nitrogens with two attached hydrogens (primary N) is 1. The molecule has 1 aliphatic heterocycles. The van der Waals surface area contributed by atoms with E-state index >= 15 is 0 Å². The molecule has 1 aliphatic rings. The van der Waals surface area contributed by atoms with E-state index < -0.39 is 6.09 Å². The number of aromatic hydroxyl groups is 1. The number of carbonyl (C=O) groups is 2. The first-order valence-electron chi connectivity index (χ1n) is 11.1. The summed E-state index contributed by atoms with van der Waals surface area (Å²) in [5, 5.41) is 19.0. The molecule has 10 nitrogen and oxygen atoms in total. The van der Waals surface area contributed by atoms with Gasteiger partial charge in [-0.25, -0.2) is 9.78 Å². The minimum Gasteiger partial charge on any atom is -0.504 e. The first-order valence-corrected chi connectivity index (χ1v) is 11.1. The second-order valence-corrected chi connectivity index (χ2v) is 8.50. The van der Waals surface area contributed by atoms with Crippen molar-refractivity contribution in [2.45, 2.75) is 12.5 Å². The second kappa shape index (κ2) is 8.98. The van der Waals surface area contributed by atoms with Crippen LogP contribution in [0.4, 0.5) is 10.6 Å². The Morgan fingerprint density at radius 2 is 1.91 bits per heavy atom. The van der Waals surface area contributed by atoms with Crippen LogP contribution < -0.4 is 15.8 Å². The van der Waals surface area contributed by atoms with E-state index in [0.717, 1.165) is 21.9 Å². The zero-order valence-electron chi connectivity index (χ0n) is 19.0. The number of nitrogen functional groups attached to an aromatic ring is 1. The van der Waals surface area contributed by atoms with Gasteiger partial charge in [0.05, 0.1) is 11.8 Å². The molecule has 3 heterocycles. The Hall–Kier alpha value is -4.60. The average molecular weight is 473 g/mol. The summed E-state index contributed by atoms with van der Waals surface area (Å²) in [7, 11) is 1.81. The third-order valence-corrected chi connectivity index (χ3v) is 6.01. The third-order valence-electron chi connectivity index (χ3n) is 6.01. The summed E-state index contributed by atoms with van der Waals surface area (Å²) in [6, 6.07) is 12.1. The molecule has 5 rings (SSSR count). The number of phenols is 1. The number of hydrogen-bond donors (Lipinski definition) is 3. The van der Waals surface area contributed by atoms with Gasteiger partial charge in [0.15, 0.2) is 11.5 Å². The molecule has 1 fully saturated rings. The van der Waals surface area contributed by atoms with E-state index in [1.807, 2.05) is 30.5 Å². The van der Waals surface area contributed by atoms with Crippen LogP contribution in [0.1, 0.15) is 16.8 Å². The molecule has 1 saturated heterocycles. The maximum Gasteiger partial charge on any atom is 0.415 e. The van der Waals surface area contributed by atoms with Gasteiger partial charge in [-0.05, 0) is 35.4 Å².